The number of Topliss-reactive ketones (excluding diaryl/α,β-unsaturated/α-hetero) is 1. The topological polar surface area (TPSA) is 72.7 Å². The second-order valence-corrected chi connectivity index (χ2v) is 5.95. The zero-order valence-electron chi connectivity index (χ0n) is 14.6. The molecule has 0 saturated heterocycles. The fraction of sp³-hybridized carbons (Fsp3) is 0.250. The van der Waals surface area contributed by atoms with Crippen LogP contribution in [-0.4, -0.2) is 28.2 Å². The molecule has 2 heterocycles. The van der Waals surface area contributed by atoms with Crippen molar-refractivity contribution in [1.29, 1.82) is 0 Å². The monoisotopic (exact) mass is 351 g/mol. The molecule has 0 saturated carbocycles. The van der Waals surface area contributed by atoms with E-state index in [4.69, 9.17) is 4.74 Å². The lowest BCUT2D eigenvalue weighted by atomic mass is 10.1. The molecule has 6 heteroatoms. The molecule has 2 aromatic heterocycles. The first-order valence-electron chi connectivity index (χ1n) is 8.52. The fourth-order valence-electron chi connectivity index (χ4n) is 2.73. The number of imidazole rings is 1. The van der Waals surface area contributed by atoms with E-state index in [0.717, 1.165) is 11.3 Å². The Bertz CT molecular complexity index is 900. The van der Waals surface area contributed by atoms with Crippen molar-refractivity contribution in [1.82, 2.24) is 14.7 Å². The van der Waals surface area contributed by atoms with Crippen LogP contribution < -0.4 is 10.1 Å². The van der Waals surface area contributed by atoms with Crippen LogP contribution in [0.1, 0.15) is 35.4 Å². The minimum absolute atomic E-state index is 0.0275. The Morgan fingerprint density at radius 1 is 1.12 bits per heavy atom. The van der Waals surface area contributed by atoms with Crippen LogP contribution in [0.15, 0.2) is 54.9 Å². The van der Waals surface area contributed by atoms with E-state index < -0.39 is 0 Å². The first-order chi connectivity index (χ1) is 12.7. The van der Waals surface area contributed by atoms with Gasteiger partial charge in [-0.15, -0.1) is 0 Å². The molecule has 0 fully saturated rings. The summed E-state index contributed by atoms with van der Waals surface area (Å²) < 4.78 is 7.01. The van der Waals surface area contributed by atoms with Crippen LogP contribution in [-0.2, 0) is 11.3 Å². The molecule has 3 aromatic rings. The van der Waals surface area contributed by atoms with Gasteiger partial charge in [0.2, 0.25) is 5.91 Å². The van der Waals surface area contributed by atoms with Crippen molar-refractivity contribution in [3.63, 3.8) is 0 Å². The van der Waals surface area contributed by atoms with Crippen molar-refractivity contribution < 1.29 is 14.3 Å². The smallest absolute Gasteiger partial charge is 0.220 e. The van der Waals surface area contributed by atoms with Crippen LogP contribution in [0.4, 0.5) is 0 Å². The molecule has 0 aliphatic heterocycles. The molecule has 0 atom stereocenters. The van der Waals surface area contributed by atoms with Gasteiger partial charge >= 0.3 is 0 Å². The third-order valence-corrected chi connectivity index (χ3v) is 4.18. The lowest BCUT2D eigenvalue weighted by Crippen LogP contribution is -2.23. The maximum atomic E-state index is 12.1. The number of hydrogen-bond acceptors (Lipinski definition) is 4. The normalized spacial score (nSPS) is 10.7. The van der Waals surface area contributed by atoms with Crippen LogP contribution in [0.5, 0.6) is 5.75 Å². The first kappa shape index (κ1) is 17.7. The molecule has 0 aliphatic carbocycles. The zero-order valence-corrected chi connectivity index (χ0v) is 14.6. The minimum Gasteiger partial charge on any atom is -0.497 e. The Morgan fingerprint density at radius 2 is 1.92 bits per heavy atom. The Hall–Kier alpha value is -3.15. The molecule has 0 unspecified atom stereocenters. The highest BCUT2D eigenvalue weighted by Gasteiger charge is 2.09. The van der Waals surface area contributed by atoms with Gasteiger partial charge < -0.3 is 14.5 Å². The maximum absolute atomic E-state index is 12.1. The number of amides is 1. The maximum Gasteiger partial charge on any atom is 0.220 e. The number of aromatic nitrogens is 2. The molecule has 0 bridgehead atoms. The number of methoxy groups -OCH3 is 1. The highest BCUT2D eigenvalue weighted by molar-refractivity contribution is 5.96. The van der Waals surface area contributed by atoms with E-state index >= 15 is 0 Å². The van der Waals surface area contributed by atoms with Gasteiger partial charge in [0.25, 0.3) is 0 Å². The van der Waals surface area contributed by atoms with E-state index in [0.29, 0.717) is 37.1 Å². The number of ether oxygens (including phenoxy) is 1. The summed E-state index contributed by atoms with van der Waals surface area (Å²) in [6.07, 6.45) is 4.85. The molecule has 1 aromatic carbocycles. The molecule has 134 valence electrons. The Labute approximate surface area is 151 Å². The number of pyridine rings is 1. The van der Waals surface area contributed by atoms with Gasteiger partial charge in [-0.25, -0.2) is 4.98 Å². The van der Waals surface area contributed by atoms with Gasteiger partial charge in [-0.2, -0.15) is 0 Å². The summed E-state index contributed by atoms with van der Waals surface area (Å²) in [6.45, 7) is 0.365. The van der Waals surface area contributed by atoms with Crippen molar-refractivity contribution in [3.8, 4) is 5.75 Å². The van der Waals surface area contributed by atoms with Gasteiger partial charge in [-0.05, 0) is 42.8 Å². The molecule has 0 spiro atoms. The minimum atomic E-state index is -0.0831. The molecular formula is C20H21N3O3. The predicted octanol–water partition coefficient (Wildman–Crippen LogP) is 3.01. The number of ketones is 1. The molecule has 1 amide bonds. The molecule has 26 heavy (non-hydrogen) atoms. The van der Waals surface area contributed by atoms with Crippen LogP contribution in [0.2, 0.25) is 0 Å². The lowest BCUT2D eigenvalue weighted by Gasteiger charge is -2.05. The second kappa shape index (κ2) is 8.29. The largest absolute Gasteiger partial charge is 0.497 e. The van der Waals surface area contributed by atoms with Crippen molar-refractivity contribution in [2.75, 3.05) is 7.11 Å². The number of carbonyl (C=O) groups is 2. The number of fused-ring (bicyclic) bond motifs is 1. The van der Waals surface area contributed by atoms with Crippen molar-refractivity contribution in [3.05, 3.63) is 66.2 Å². The van der Waals surface area contributed by atoms with E-state index in [1.165, 1.54) is 0 Å². The SMILES string of the molecule is COc1ccc(C(=O)CCCC(=O)NCc2ncc3ccccn23)cc1. The summed E-state index contributed by atoms with van der Waals surface area (Å²) in [5, 5.41) is 2.86. The summed E-state index contributed by atoms with van der Waals surface area (Å²) in [5.41, 5.74) is 1.62. The standard InChI is InChI=1S/C20H21N3O3/c1-26-17-10-8-15(9-11-17)18(24)6-4-7-20(25)22-14-19-21-13-16-5-2-3-12-23(16)19/h2-3,5,8-13H,4,6-7,14H2,1H3,(H,22,25). The molecule has 1 N–H and O–H groups in total. The second-order valence-electron chi connectivity index (χ2n) is 5.95. The highest BCUT2D eigenvalue weighted by Crippen LogP contribution is 2.14. The zero-order chi connectivity index (χ0) is 18.4. The number of hydrogen-bond donors (Lipinski definition) is 1. The van der Waals surface area contributed by atoms with Gasteiger partial charge in [-0.1, -0.05) is 6.07 Å². The number of carbonyl (C=O) groups excluding carboxylic acids is 2. The van der Waals surface area contributed by atoms with Crippen LogP contribution in [0.25, 0.3) is 5.52 Å². The molecule has 0 aliphatic rings. The Balaban J connectivity index is 1.43. The van der Waals surface area contributed by atoms with Gasteiger partial charge in [0.1, 0.15) is 11.6 Å². The van der Waals surface area contributed by atoms with Crippen LogP contribution in [0.3, 0.4) is 0 Å². The third kappa shape index (κ3) is 4.27. The predicted molar refractivity (Wildman–Crippen MR) is 98.2 cm³/mol. The summed E-state index contributed by atoms with van der Waals surface area (Å²) in [4.78, 5) is 28.4. The molecule has 3 rings (SSSR count). The summed E-state index contributed by atoms with van der Waals surface area (Å²) in [5.74, 6) is 1.44. The van der Waals surface area contributed by atoms with Crippen molar-refractivity contribution in [2.24, 2.45) is 0 Å². The fourth-order valence-corrected chi connectivity index (χ4v) is 2.73. The molecule has 6 nitrogen and oxygen atoms in total. The van der Waals surface area contributed by atoms with E-state index in [9.17, 15) is 9.59 Å². The van der Waals surface area contributed by atoms with E-state index in [2.05, 4.69) is 10.3 Å². The number of rotatable bonds is 8. The lowest BCUT2D eigenvalue weighted by molar-refractivity contribution is -0.121. The summed E-state index contributed by atoms with van der Waals surface area (Å²) >= 11 is 0. The van der Waals surface area contributed by atoms with Crippen molar-refractivity contribution in [2.45, 2.75) is 25.8 Å². The van der Waals surface area contributed by atoms with E-state index in [-0.39, 0.29) is 11.7 Å². The molecule has 0 radical (unpaired) electrons. The van der Waals surface area contributed by atoms with Gasteiger partial charge in [-0.3, -0.25) is 9.59 Å². The van der Waals surface area contributed by atoms with Crippen LogP contribution in [0, 0.1) is 0 Å². The number of benzene rings is 1. The Morgan fingerprint density at radius 3 is 2.69 bits per heavy atom. The number of nitrogens with one attached hydrogen (secondary N) is 1. The average molecular weight is 351 g/mol. The van der Waals surface area contributed by atoms with Gasteiger partial charge in [0.15, 0.2) is 5.78 Å². The summed E-state index contributed by atoms with van der Waals surface area (Å²) in [6, 6.07) is 12.8. The molecular weight excluding hydrogens is 330 g/mol. The first-order valence-corrected chi connectivity index (χ1v) is 8.52. The quantitative estimate of drug-likeness (QED) is 0.633. The average Bonchev–Trinajstić information content (AvgIpc) is 3.09. The van der Waals surface area contributed by atoms with Crippen molar-refractivity contribution >= 4 is 17.2 Å². The van der Waals surface area contributed by atoms with Crippen LogP contribution >= 0.6 is 0 Å². The third-order valence-electron chi connectivity index (χ3n) is 4.18. The van der Waals surface area contributed by atoms with E-state index in [1.54, 1.807) is 37.6 Å². The Kier molecular flexibility index (Phi) is 5.63. The number of nitrogens with zero attached hydrogens (tertiary/aromatic N) is 2. The van der Waals surface area contributed by atoms with Gasteiger partial charge in [0.05, 0.1) is 25.4 Å². The highest BCUT2D eigenvalue weighted by atomic mass is 16.5. The van der Waals surface area contributed by atoms with E-state index in [1.807, 2.05) is 28.8 Å². The summed E-state index contributed by atoms with van der Waals surface area (Å²) in [7, 11) is 1.59. The van der Waals surface area contributed by atoms with Gasteiger partial charge in [0, 0.05) is 24.6 Å².